The van der Waals surface area contributed by atoms with E-state index >= 15 is 0 Å². The number of thioether (sulfide) groups is 1. The van der Waals surface area contributed by atoms with E-state index in [9.17, 15) is 9.18 Å². The number of nitrogens with one attached hydrogen (secondary N) is 1. The van der Waals surface area contributed by atoms with Crippen LogP contribution in [0.2, 0.25) is 0 Å². The van der Waals surface area contributed by atoms with Crippen LogP contribution in [0.1, 0.15) is 28.5 Å². The van der Waals surface area contributed by atoms with Crippen LogP contribution in [-0.2, 0) is 0 Å². The van der Waals surface area contributed by atoms with Crippen LogP contribution in [0.3, 0.4) is 0 Å². The van der Waals surface area contributed by atoms with E-state index in [0.29, 0.717) is 4.90 Å². The lowest BCUT2D eigenvalue weighted by atomic mass is 10.0. The summed E-state index contributed by atoms with van der Waals surface area (Å²) in [6.07, 6.45) is 5.17. The molecule has 1 aromatic carbocycles. The van der Waals surface area contributed by atoms with Crippen molar-refractivity contribution in [3.05, 3.63) is 53.9 Å². The molecule has 2 heterocycles. The number of nitrogens with zero attached hydrogens (tertiary/aromatic N) is 2. The third-order valence-corrected chi connectivity index (χ3v) is 4.29. The highest BCUT2D eigenvalue weighted by Gasteiger charge is 2.25. The summed E-state index contributed by atoms with van der Waals surface area (Å²) in [6.45, 7) is 0. The second-order valence-electron chi connectivity index (χ2n) is 4.41. The Hall–Kier alpha value is -1.95. The number of carbonyl (C=O) groups excluding carboxylic acids is 1. The van der Waals surface area contributed by atoms with Gasteiger partial charge in [-0.2, -0.15) is 0 Å². The number of aromatic nitrogens is 2. The van der Waals surface area contributed by atoms with E-state index in [-0.39, 0.29) is 23.5 Å². The monoisotopic (exact) mass is 289 g/mol. The third kappa shape index (κ3) is 2.51. The zero-order valence-electron chi connectivity index (χ0n) is 10.5. The third-order valence-electron chi connectivity index (χ3n) is 3.13. The van der Waals surface area contributed by atoms with Crippen LogP contribution in [0.5, 0.6) is 0 Å². The molecule has 0 fully saturated rings. The number of hydrogen-bond donors (Lipinski definition) is 1. The molecule has 0 spiro atoms. The van der Waals surface area contributed by atoms with Gasteiger partial charge in [0.25, 0.3) is 5.91 Å². The van der Waals surface area contributed by atoms with Crippen molar-refractivity contribution in [2.45, 2.75) is 17.4 Å². The summed E-state index contributed by atoms with van der Waals surface area (Å²) in [6, 6.07) is 4.78. The minimum atomic E-state index is -0.287. The Morgan fingerprint density at radius 1 is 1.40 bits per heavy atom. The summed E-state index contributed by atoms with van der Waals surface area (Å²) >= 11 is 1.49. The topological polar surface area (TPSA) is 54.9 Å². The highest BCUT2D eigenvalue weighted by Crippen LogP contribution is 2.37. The van der Waals surface area contributed by atoms with Crippen molar-refractivity contribution in [3.8, 4) is 0 Å². The van der Waals surface area contributed by atoms with Gasteiger partial charge < -0.3 is 5.32 Å². The molecule has 1 aliphatic heterocycles. The molecule has 102 valence electrons. The molecular formula is C14H12FN3OS. The van der Waals surface area contributed by atoms with Crippen molar-refractivity contribution in [1.29, 1.82) is 0 Å². The normalized spacial score (nSPS) is 17.4. The Bertz CT molecular complexity index is 636. The van der Waals surface area contributed by atoms with Gasteiger partial charge in [-0.25, -0.2) is 9.37 Å². The van der Waals surface area contributed by atoms with Gasteiger partial charge in [-0.1, -0.05) is 12.1 Å². The molecule has 1 N–H and O–H groups in total. The Labute approximate surface area is 119 Å². The van der Waals surface area contributed by atoms with Crippen molar-refractivity contribution in [2.24, 2.45) is 0 Å². The fourth-order valence-corrected chi connectivity index (χ4v) is 3.33. The molecule has 0 unspecified atom stereocenters. The minimum absolute atomic E-state index is 0.184. The Morgan fingerprint density at radius 3 is 3.10 bits per heavy atom. The molecule has 2 aromatic rings. The molecule has 0 radical (unpaired) electrons. The summed E-state index contributed by atoms with van der Waals surface area (Å²) in [7, 11) is 0. The maximum absolute atomic E-state index is 13.7. The Balaban J connectivity index is 1.84. The number of fused-ring (bicyclic) bond motifs is 1. The second kappa shape index (κ2) is 5.58. The largest absolute Gasteiger partial charge is 0.344 e. The average Bonchev–Trinajstić information content (AvgIpc) is 2.49. The van der Waals surface area contributed by atoms with Gasteiger partial charge >= 0.3 is 0 Å². The number of amides is 1. The maximum Gasteiger partial charge on any atom is 0.271 e. The summed E-state index contributed by atoms with van der Waals surface area (Å²) in [4.78, 5) is 20.6. The van der Waals surface area contributed by atoms with Gasteiger partial charge in [0.05, 0.1) is 12.2 Å². The lowest BCUT2D eigenvalue weighted by molar-refractivity contribution is 0.0929. The SMILES string of the molecule is O=C(N[C@H]1CCSc2c(F)cccc21)c1cnccn1. The predicted octanol–water partition coefficient (Wildman–Crippen LogP) is 2.58. The van der Waals surface area contributed by atoms with E-state index in [1.807, 2.05) is 6.07 Å². The number of hydrogen-bond acceptors (Lipinski definition) is 4. The molecule has 4 nitrogen and oxygen atoms in total. The van der Waals surface area contributed by atoms with E-state index < -0.39 is 0 Å². The first kappa shape index (κ1) is 13.1. The molecule has 6 heteroatoms. The lowest BCUT2D eigenvalue weighted by Crippen LogP contribution is -2.31. The van der Waals surface area contributed by atoms with Gasteiger partial charge in [-0.15, -0.1) is 11.8 Å². The molecule has 1 aliphatic rings. The van der Waals surface area contributed by atoms with Crippen molar-refractivity contribution in [3.63, 3.8) is 0 Å². The predicted molar refractivity (Wildman–Crippen MR) is 74.0 cm³/mol. The van der Waals surface area contributed by atoms with Crippen molar-refractivity contribution in [1.82, 2.24) is 15.3 Å². The molecule has 1 amide bonds. The van der Waals surface area contributed by atoms with Gasteiger partial charge in [-0.05, 0) is 18.1 Å². The molecule has 1 atom stereocenters. The van der Waals surface area contributed by atoms with Crippen molar-refractivity contribution < 1.29 is 9.18 Å². The van der Waals surface area contributed by atoms with Crippen molar-refractivity contribution in [2.75, 3.05) is 5.75 Å². The molecule has 0 saturated heterocycles. The average molecular weight is 289 g/mol. The first-order valence-electron chi connectivity index (χ1n) is 6.24. The van der Waals surface area contributed by atoms with Crippen LogP contribution >= 0.6 is 11.8 Å². The zero-order chi connectivity index (χ0) is 13.9. The zero-order valence-corrected chi connectivity index (χ0v) is 11.4. The summed E-state index contributed by atoms with van der Waals surface area (Å²) in [5.41, 5.74) is 1.10. The summed E-state index contributed by atoms with van der Waals surface area (Å²) in [5, 5.41) is 2.90. The van der Waals surface area contributed by atoms with E-state index in [2.05, 4.69) is 15.3 Å². The molecule has 0 bridgehead atoms. The smallest absolute Gasteiger partial charge is 0.271 e. The van der Waals surface area contributed by atoms with Gasteiger partial charge in [0.1, 0.15) is 11.5 Å². The number of benzene rings is 1. The summed E-state index contributed by atoms with van der Waals surface area (Å²) in [5.74, 6) is 0.260. The Morgan fingerprint density at radius 2 is 2.30 bits per heavy atom. The van der Waals surface area contributed by atoms with E-state index in [1.54, 1.807) is 6.07 Å². The van der Waals surface area contributed by atoms with Crippen LogP contribution in [0.4, 0.5) is 4.39 Å². The molecule has 3 rings (SSSR count). The van der Waals surface area contributed by atoms with Gasteiger partial charge in [0.2, 0.25) is 0 Å². The highest BCUT2D eigenvalue weighted by atomic mass is 32.2. The van der Waals surface area contributed by atoms with E-state index in [4.69, 9.17) is 0 Å². The van der Waals surface area contributed by atoms with E-state index in [1.165, 1.54) is 36.4 Å². The second-order valence-corrected chi connectivity index (χ2v) is 5.52. The van der Waals surface area contributed by atoms with Crippen LogP contribution in [0.15, 0.2) is 41.7 Å². The first-order valence-corrected chi connectivity index (χ1v) is 7.22. The standard InChI is InChI=1S/C14H12FN3OS/c15-10-3-1-2-9-11(4-7-20-13(9)10)18-14(19)12-8-16-5-6-17-12/h1-3,5-6,8,11H,4,7H2,(H,18,19)/t11-/m0/s1. The van der Waals surface area contributed by atoms with Crippen LogP contribution in [-0.4, -0.2) is 21.6 Å². The number of carbonyl (C=O) groups is 1. The number of halogens is 1. The van der Waals surface area contributed by atoms with Gasteiger partial charge in [0, 0.05) is 23.0 Å². The minimum Gasteiger partial charge on any atom is -0.344 e. The molecule has 0 aliphatic carbocycles. The maximum atomic E-state index is 13.7. The first-order chi connectivity index (χ1) is 9.75. The fourth-order valence-electron chi connectivity index (χ4n) is 2.18. The fraction of sp³-hybridized carbons (Fsp3) is 0.214. The lowest BCUT2D eigenvalue weighted by Gasteiger charge is -2.26. The van der Waals surface area contributed by atoms with Crippen LogP contribution in [0.25, 0.3) is 0 Å². The molecule has 20 heavy (non-hydrogen) atoms. The van der Waals surface area contributed by atoms with Gasteiger partial charge in [-0.3, -0.25) is 9.78 Å². The van der Waals surface area contributed by atoms with E-state index in [0.717, 1.165) is 17.7 Å². The Kier molecular flexibility index (Phi) is 3.64. The quantitative estimate of drug-likeness (QED) is 0.923. The molecular weight excluding hydrogens is 277 g/mol. The number of rotatable bonds is 2. The van der Waals surface area contributed by atoms with Crippen LogP contribution < -0.4 is 5.32 Å². The van der Waals surface area contributed by atoms with Crippen LogP contribution in [0, 0.1) is 5.82 Å². The van der Waals surface area contributed by atoms with Gasteiger partial charge in [0.15, 0.2) is 0 Å². The van der Waals surface area contributed by atoms with Crippen molar-refractivity contribution >= 4 is 17.7 Å². The molecule has 1 aromatic heterocycles. The molecule has 0 saturated carbocycles. The highest BCUT2D eigenvalue weighted by molar-refractivity contribution is 7.99. The summed E-state index contributed by atoms with van der Waals surface area (Å²) < 4.78 is 13.7.